The molecule has 0 bridgehead atoms. The first-order valence-corrected chi connectivity index (χ1v) is 6.96. The number of aryl methyl sites for hydroxylation is 1. The second-order valence-corrected chi connectivity index (χ2v) is 5.11. The van der Waals surface area contributed by atoms with Gasteiger partial charge in [-0.2, -0.15) is 0 Å². The van der Waals surface area contributed by atoms with Crippen LogP contribution in [-0.2, 0) is 6.42 Å². The molecule has 1 unspecified atom stereocenters. The predicted molar refractivity (Wildman–Crippen MR) is 83.4 cm³/mol. The number of nitrogens with two attached hydrogens (primary N) is 1. The highest BCUT2D eigenvalue weighted by Gasteiger charge is 2.07. The fourth-order valence-corrected chi connectivity index (χ4v) is 2.48. The second-order valence-electron chi connectivity index (χ2n) is 5.11. The van der Waals surface area contributed by atoms with Gasteiger partial charge in [0, 0.05) is 18.4 Å². The van der Waals surface area contributed by atoms with Gasteiger partial charge in [0.1, 0.15) is 0 Å². The van der Waals surface area contributed by atoms with Gasteiger partial charge in [0.25, 0.3) is 0 Å². The van der Waals surface area contributed by atoms with E-state index in [9.17, 15) is 0 Å². The Morgan fingerprint density at radius 2 is 1.65 bits per heavy atom. The van der Waals surface area contributed by atoms with Gasteiger partial charge in [0.2, 0.25) is 0 Å². The minimum Gasteiger partial charge on any atom is -0.324 e. The summed E-state index contributed by atoms with van der Waals surface area (Å²) < 4.78 is 0. The molecular formula is C18H18N2. The van der Waals surface area contributed by atoms with Gasteiger partial charge in [-0.1, -0.05) is 36.4 Å². The van der Waals surface area contributed by atoms with E-state index in [-0.39, 0.29) is 6.04 Å². The van der Waals surface area contributed by atoms with Crippen LogP contribution in [-0.4, -0.2) is 4.98 Å². The zero-order valence-electron chi connectivity index (χ0n) is 11.4. The zero-order chi connectivity index (χ0) is 13.8. The molecule has 0 aliphatic heterocycles. The molecule has 0 aliphatic rings. The van der Waals surface area contributed by atoms with Crippen LogP contribution in [0.5, 0.6) is 0 Å². The lowest BCUT2D eigenvalue weighted by atomic mass is 9.98. The molecule has 0 radical (unpaired) electrons. The van der Waals surface area contributed by atoms with E-state index < -0.39 is 0 Å². The average molecular weight is 262 g/mol. The van der Waals surface area contributed by atoms with Crippen LogP contribution < -0.4 is 5.73 Å². The van der Waals surface area contributed by atoms with E-state index in [1.165, 1.54) is 21.9 Å². The summed E-state index contributed by atoms with van der Waals surface area (Å²) in [6.45, 7) is 0. The molecule has 1 atom stereocenters. The summed E-state index contributed by atoms with van der Waals surface area (Å²) in [5.74, 6) is 0. The van der Waals surface area contributed by atoms with Crippen LogP contribution in [0.15, 0.2) is 67.0 Å². The summed E-state index contributed by atoms with van der Waals surface area (Å²) in [4.78, 5) is 4.03. The molecule has 0 amide bonds. The zero-order valence-corrected chi connectivity index (χ0v) is 11.4. The number of fused-ring (bicyclic) bond motifs is 1. The summed E-state index contributed by atoms with van der Waals surface area (Å²) >= 11 is 0. The summed E-state index contributed by atoms with van der Waals surface area (Å²) in [5, 5.41) is 2.52. The molecule has 3 aromatic rings. The SMILES string of the molecule is NC(CCc1ccncc1)c1ccc2ccccc2c1. The molecule has 100 valence electrons. The third-order valence-electron chi connectivity index (χ3n) is 3.70. The third-order valence-corrected chi connectivity index (χ3v) is 3.70. The van der Waals surface area contributed by atoms with Crippen molar-refractivity contribution in [2.75, 3.05) is 0 Å². The number of aromatic nitrogens is 1. The summed E-state index contributed by atoms with van der Waals surface area (Å²) in [6, 6.07) is 19.0. The van der Waals surface area contributed by atoms with Gasteiger partial charge in [-0.25, -0.2) is 0 Å². The van der Waals surface area contributed by atoms with Crippen LogP contribution in [0, 0.1) is 0 Å². The van der Waals surface area contributed by atoms with Gasteiger partial charge in [0.05, 0.1) is 0 Å². The summed E-state index contributed by atoms with van der Waals surface area (Å²) in [6.07, 6.45) is 5.59. The Bertz CT molecular complexity index is 692. The highest BCUT2D eigenvalue weighted by molar-refractivity contribution is 5.83. The number of hydrogen-bond donors (Lipinski definition) is 1. The van der Waals surface area contributed by atoms with E-state index in [1.807, 2.05) is 24.5 Å². The standard InChI is InChI=1S/C18H18N2/c19-18(8-5-14-9-11-20-12-10-14)17-7-6-15-3-1-2-4-16(15)13-17/h1-4,6-7,9-13,18H,5,8,19H2. The lowest BCUT2D eigenvalue weighted by Gasteiger charge is -2.13. The van der Waals surface area contributed by atoms with Crippen molar-refractivity contribution in [3.05, 3.63) is 78.1 Å². The van der Waals surface area contributed by atoms with E-state index in [1.54, 1.807) is 0 Å². The van der Waals surface area contributed by atoms with Crippen molar-refractivity contribution in [1.82, 2.24) is 4.98 Å². The van der Waals surface area contributed by atoms with E-state index in [0.29, 0.717) is 0 Å². The molecule has 0 aliphatic carbocycles. The van der Waals surface area contributed by atoms with E-state index in [0.717, 1.165) is 12.8 Å². The van der Waals surface area contributed by atoms with Crippen LogP contribution in [0.3, 0.4) is 0 Å². The van der Waals surface area contributed by atoms with Crippen molar-refractivity contribution in [3.63, 3.8) is 0 Å². The molecule has 20 heavy (non-hydrogen) atoms. The summed E-state index contributed by atoms with van der Waals surface area (Å²) in [7, 11) is 0. The maximum absolute atomic E-state index is 6.32. The smallest absolute Gasteiger partial charge is 0.0298 e. The molecule has 1 aromatic heterocycles. The average Bonchev–Trinajstić information content (AvgIpc) is 2.53. The lowest BCUT2D eigenvalue weighted by molar-refractivity contribution is 0.652. The molecular weight excluding hydrogens is 244 g/mol. The second kappa shape index (κ2) is 5.85. The first-order chi connectivity index (χ1) is 9.83. The quantitative estimate of drug-likeness (QED) is 0.775. The van der Waals surface area contributed by atoms with Crippen molar-refractivity contribution in [2.45, 2.75) is 18.9 Å². The maximum Gasteiger partial charge on any atom is 0.0298 e. The maximum atomic E-state index is 6.32. The van der Waals surface area contributed by atoms with Crippen molar-refractivity contribution in [2.24, 2.45) is 5.73 Å². The van der Waals surface area contributed by atoms with Gasteiger partial charge in [-0.15, -0.1) is 0 Å². The molecule has 2 N–H and O–H groups in total. The van der Waals surface area contributed by atoms with Gasteiger partial charge < -0.3 is 5.73 Å². The Balaban J connectivity index is 1.73. The molecule has 0 saturated heterocycles. The van der Waals surface area contributed by atoms with E-state index in [4.69, 9.17) is 5.73 Å². The summed E-state index contributed by atoms with van der Waals surface area (Å²) in [5.41, 5.74) is 8.81. The largest absolute Gasteiger partial charge is 0.324 e. The molecule has 3 rings (SSSR count). The Morgan fingerprint density at radius 3 is 2.45 bits per heavy atom. The van der Waals surface area contributed by atoms with Crippen LogP contribution in [0.2, 0.25) is 0 Å². The first-order valence-electron chi connectivity index (χ1n) is 6.96. The third kappa shape index (κ3) is 2.86. The van der Waals surface area contributed by atoms with Crippen LogP contribution in [0.1, 0.15) is 23.6 Å². The Hall–Kier alpha value is -2.19. The molecule has 0 spiro atoms. The number of benzene rings is 2. The molecule has 0 saturated carbocycles. The van der Waals surface area contributed by atoms with Crippen molar-refractivity contribution in [3.8, 4) is 0 Å². The van der Waals surface area contributed by atoms with Crippen molar-refractivity contribution < 1.29 is 0 Å². The van der Waals surface area contributed by atoms with Crippen LogP contribution in [0.4, 0.5) is 0 Å². The molecule has 1 heterocycles. The highest BCUT2D eigenvalue weighted by Crippen LogP contribution is 2.22. The Kier molecular flexibility index (Phi) is 3.75. The van der Waals surface area contributed by atoms with Crippen molar-refractivity contribution in [1.29, 1.82) is 0 Å². The lowest BCUT2D eigenvalue weighted by Crippen LogP contribution is -2.11. The molecule has 2 heteroatoms. The normalized spacial score (nSPS) is 12.4. The predicted octanol–water partition coefficient (Wildman–Crippen LogP) is 3.87. The van der Waals surface area contributed by atoms with Gasteiger partial charge in [-0.05, 0) is 52.9 Å². The first kappa shape index (κ1) is 12.8. The molecule has 0 fully saturated rings. The van der Waals surface area contributed by atoms with Gasteiger partial charge >= 0.3 is 0 Å². The van der Waals surface area contributed by atoms with Crippen LogP contribution >= 0.6 is 0 Å². The minimum atomic E-state index is 0.0766. The number of nitrogens with zero attached hydrogens (tertiary/aromatic N) is 1. The van der Waals surface area contributed by atoms with Gasteiger partial charge in [-0.3, -0.25) is 4.98 Å². The van der Waals surface area contributed by atoms with E-state index in [2.05, 4.69) is 47.4 Å². The highest BCUT2D eigenvalue weighted by atomic mass is 14.6. The topological polar surface area (TPSA) is 38.9 Å². The van der Waals surface area contributed by atoms with Crippen LogP contribution in [0.25, 0.3) is 10.8 Å². The Labute approximate surface area is 119 Å². The number of rotatable bonds is 4. The molecule has 2 nitrogen and oxygen atoms in total. The number of hydrogen-bond acceptors (Lipinski definition) is 2. The Morgan fingerprint density at radius 1 is 0.900 bits per heavy atom. The molecule has 2 aromatic carbocycles. The van der Waals surface area contributed by atoms with E-state index >= 15 is 0 Å². The number of pyridine rings is 1. The fourth-order valence-electron chi connectivity index (χ4n) is 2.48. The van der Waals surface area contributed by atoms with Crippen molar-refractivity contribution >= 4 is 10.8 Å². The minimum absolute atomic E-state index is 0.0766. The fraction of sp³-hybridized carbons (Fsp3) is 0.167. The van der Waals surface area contributed by atoms with Gasteiger partial charge in [0.15, 0.2) is 0 Å². The monoisotopic (exact) mass is 262 g/mol.